The van der Waals surface area contributed by atoms with E-state index >= 15 is 0 Å². The molecule has 0 aliphatic rings. The normalized spacial score (nSPS) is 10.2. The summed E-state index contributed by atoms with van der Waals surface area (Å²) in [4.78, 5) is 11.8. The van der Waals surface area contributed by atoms with Gasteiger partial charge in [0.1, 0.15) is 5.82 Å². The standard InChI is InChI=1S/C16H16FNO/c1-12-3-2-4-14(9-12)10-16(19)18-11-13-5-7-15(17)8-6-13/h2-9H,10-11H2,1H3,(H,18,19). The lowest BCUT2D eigenvalue weighted by atomic mass is 10.1. The third kappa shape index (κ3) is 4.21. The number of aryl methyl sites for hydroxylation is 1. The molecule has 2 rings (SSSR count). The van der Waals surface area contributed by atoms with E-state index in [0.29, 0.717) is 13.0 Å². The Hall–Kier alpha value is -2.16. The molecule has 19 heavy (non-hydrogen) atoms. The smallest absolute Gasteiger partial charge is 0.224 e. The second-order valence-corrected chi connectivity index (χ2v) is 4.57. The molecule has 1 N–H and O–H groups in total. The van der Waals surface area contributed by atoms with Crippen LogP contribution in [0.1, 0.15) is 16.7 Å². The van der Waals surface area contributed by atoms with Crippen LogP contribution in [0, 0.1) is 12.7 Å². The highest BCUT2D eigenvalue weighted by Gasteiger charge is 2.03. The molecule has 0 atom stereocenters. The van der Waals surface area contributed by atoms with E-state index in [9.17, 15) is 9.18 Å². The maximum atomic E-state index is 12.7. The van der Waals surface area contributed by atoms with Crippen LogP contribution in [0.4, 0.5) is 4.39 Å². The van der Waals surface area contributed by atoms with Gasteiger partial charge < -0.3 is 5.32 Å². The van der Waals surface area contributed by atoms with Gasteiger partial charge >= 0.3 is 0 Å². The zero-order valence-corrected chi connectivity index (χ0v) is 10.8. The number of carbonyl (C=O) groups is 1. The van der Waals surface area contributed by atoms with Crippen molar-refractivity contribution in [2.24, 2.45) is 0 Å². The molecule has 0 unspecified atom stereocenters. The molecule has 2 aromatic rings. The maximum absolute atomic E-state index is 12.7. The molecule has 1 amide bonds. The summed E-state index contributed by atoms with van der Waals surface area (Å²) in [6.45, 7) is 2.42. The highest BCUT2D eigenvalue weighted by Crippen LogP contribution is 2.05. The van der Waals surface area contributed by atoms with Crippen LogP contribution in [-0.4, -0.2) is 5.91 Å². The minimum absolute atomic E-state index is 0.0325. The van der Waals surface area contributed by atoms with E-state index in [1.165, 1.54) is 12.1 Å². The van der Waals surface area contributed by atoms with E-state index in [0.717, 1.165) is 16.7 Å². The first-order valence-corrected chi connectivity index (χ1v) is 6.20. The minimum atomic E-state index is -0.269. The fourth-order valence-corrected chi connectivity index (χ4v) is 1.87. The lowest BCUT2D eigenvalue weighted by Gasteiger charge is -2.06. The van der Waals surface area contributed by atoms with Gasteiger partial charge in [-0.25, -0.2) is 4.39 Å². The summed E-state index contributed by atoms with van der Waals surface area (Å²) < 4.78 is 12.7. The van der Waals surface area contributed by atoms with E-state index in [1.807, 2.05) is 31.2 Å². The van der Waals surface area contributed by atoms with Crippen molar-refractivity contribution in [1.29, 1.82) is 0 Å². The van der Waals surface area contributed by atoms with Gasteiger partial charge in [-0.3, -0.25) is 4.79 Å². The van der Waals surface area contributed by atoms with Crippen molar-refractivity contribution < 1.29 is 9.18 Å². The molecule has 2 nitrogen and oxygen atoms in total. The quantitative estimate of drug-likeness (QED) is 0.896. The Morgan fingerprint density at radius 2 is 1.84 bits per heavy atom. The van der Waals surface area contributed by atoms with Crippen LogP contribution in [0.3, 0.4) is 0 Å². The first-order chi connectivity index (χ1) is 9.13. The first-order valence-electron chi connectivity index (χ1n) is 6.20. The van der Waals surface area contributed by atoms with Gasteiger partial charge in [0.2, 0.25) is 5.91 Å². The molecule has 0 saturated carbocycles. The van der Waals surface area contributed by atoms with Gasteiger partial charge in [-0.15, -0.1) is 0 Å². The lowest BCUT2D eigenvalue weighted by molar-refractivity contribution is -0.120. The molecule has 0 aliphatic carbocycles. The van der Waals surface area contributed by atoms with Crippen molar-refractivity contribution in [2.45, 2.75) is 19.9 Å². The van der Waals surface area contributed by atoms with Gasteiger partial charge in [0.05, 0.1) is 6.42 Å². The van der Waals surface area contributed by atoms with Crippen LogP contribution in [-0.2, 0) is 17.8 Å². The summed E-state index contributed by atoms with van der Waals surface area (Å²) in [7, 11) is 0. The predicted octanol–water partition coefficient (Wildman–Crippen LogP) is 2.99. The monoisotopic (exact) mass is 257 g/mol. The SMILES string of the molecule is Cc1cccc(CC(=O)NCc2ccc(F)cc2)c1. The second kappa shape index (κ2) is 6.14. The highest BCUT2D eigenvalue weighted by molar-refractivity contribution is 5.78. The van der Waals surface area contributed by atoms with E-state index in [2.05, 4.69) is 5.32 Å². The third-order valence-electron chi connectivity index (χ3n) is 2.85. The number of carbonyl (C=O) groups excluding carboxylic acids is 1. The molecule has 2 aromatic carbocycles. The average molecular weight is 257 g/mol. The first kappa shape index (κ1) is 13.3. The van der Waals surface area contributed by atoms with Gasteiger partial charge in [-0.05, 0) is 30.2 Å². The molecule has 0 fully saturated rings. The Morgan fingerprint density at radius 3 is 2.53 bits per heavy atom. The van der Waals surface area contributed by atoms with Crippen molar-refractivity contribution in [3.05, 3.63) is 71.0 Å². The maximum Gasteiger partial charge on any atom is 0.224 e. The van der Waals surface area contributed by atoms with Gasteiger partial charge in [0, 0.05) is 6.54 Å². The van der Waals surface area contributed by atoms with Gasteiger partial charge in [-0.2, -0.15) is 0 Å². The highest BCUT2D eigenvalue weighted by atomic mass is 19.1. The molecule has 0 aromatic heterocycles. The summed E-state index contributed by atoms with van der Waals surface area (Å²) in [6, 6.07) is 14.0. The number of hydrogen-bond acceptors (Lipinski definition) is 1. The Bertz CT molecular complexity index is 563. The van der Waals surface area contributed by atoms with E-state index in [-0.39, 0.29) is 11.7 Å². The van der Waals surface area contributed by atoms with Crippen molar-refractivity contribution in [3.63, 3.8) is 0 Å². The zero-order valence-electron chi connectivity index (χ0n) is 10.8. The summed E-state index contributed by atoms with van der Waals surface area (Å²) in [5.41, 5.74) is 3.03. The third-order valence-corrected chi connectivity index (χ3v) is 2.85. The van der Waals surface area contributed by atoms with E-state index in [1.54, 1.807) is 12.1 Å². The Morgan fingerprint density at radius 1 is 1.11 bits per heavy atom. The molecule has 0 spiro atoms. The number of rotatable bonds is 4. The van der Waals surface area contributed by atoms with Crippen molar-refractivity contribution >= 4 is 5.91 Å². The van der Waals surface area contributed by atoms with Crippen molar-refractivity contribution in [2.75, 3.05) is 0 Å². The molecule has 0 bridgehead atoms. The van der Waals surface area contributed by atoms with Gasteiger partial charge in [-0.1, -0.05) is 42.0 Å². The number of nitrogens with one attached hydrogen (secondary N) is 1. The summed E-state index contributed by atoms with van der Waals surface area (Å²) >= 11 is 0. The topological polar surface area (TPSA) is 29.1 Å². The number of benzene rings is 2. The average Bonchev–Trinajstić information content (AvgIpc) is 2.38. The van der Waals surface area contributed by atoms with Gasteiger partial charge in [0.15, 0.2) is 0 Å². The molecule has 3 heteroatoms. The van der Waals surface area contributed by atoms with Crippen LogP contribution in [0.5, 0.6) is 0 Å². The minimum Gasteiger partial charge on any atom is -0.352 e. The van der Waals surface area contributed by atoms with Crippen LogP contribution in [0.15, 0.2) is 48.5 Å². The molecular formula is C16H16FNO. The van der Waals surface area contributed by atoms with Crippen LogP contribution in [0.25, 0.3) is 0 Å². The van der Waals surface area contributed by atoms with Gasteiger partial charge in [0.25, 0.3) is 0 Å². The van der Waals surface area contributed by atoms with Crippen LogP contribution < -0.4 is 5.32 Å². The number of amides is 1. The molecular weight excluding hydrogens is 241 g/mol. The van der Waals surface area contributed by atoms with E-state index in [4.69, 9.17) is 0 Å². The van der Waals surface area contributed by atoms with E-state index < -0.39 is 0 Å². The van der Waals surface area contributed by atoms with Crippen molar-refractivity contribution in [1.82, 2.24) is 5.32 Å². The Kier molecular flexibility index (Phi) is 4.29. The summed E-state index contributed by atoms with van der Waals surface area (Å²) in [5.74, 6) is -0.301. The predicted molar refractivity (Wildman–Crippen MR) is 73.1 cm³/mol. The molecule has 0 aliphatic heterocycles. The number of hydrogen-bond donors (Lipinski definition) is 1. The summed E-state index contributed by atoms with van der Waals surface area (Å²) in [6.07, 6.45) is 0.364. The van der Waals surface area contributed by atoms with Crippen LogP contribution >= 0.6 is 0 Å². The lowest BCUT2D eigenvalue weighted by Crippen LogP contribution is -2.24. The Labute approximate surface area is 112 Å². The molecule has 0 saturated heterocycles. The fourth-order valence-electron chi connectivity index (χ4n) is 1.87. The summed E-state index contributed by atoms with van der Waals surface area (Å²) in [5, 5.41) is 2.82. The largest absolute Gasteiger partial charge is 0.352 e. The fraction of sp³-hybridized carbons (Fsp3) is 0.188. The number of halogens is 1. The zero-order chi connectivity index (χ0) is 13.7. The molecule has 98 valence electrons. The molecule has 0 heterocycles. The van der Waals surface area contributed by atoms with Crippen molar-refractivity contribution in [3.8, 4) is 0 Å². The second-order valence-electron chi connectivity index (χ2n) is 4.57. The Balaban J connectivity index is 1.86. The molecule has 0 radical (unpaired) electrons. The van der Waals surface area contributed by atoms with Crippen LogP contribution in [0.2, 0.25) is 0 Å².